The number of amides is 2. The summed E-state index contributed by atoms with van der Waals surface area (Å²) in [6.45, 7) is 4.19. The molecule has 2 amide bonds. The van der Waals surface area contributed by atoms with E-state index in [-0.39, 0.29) is 24.8 Å². The van der Waals surface area contributed by atoms with E-state index in [0.29, 0.717) is 15.7 Å². The van der Waals surface area contributed by atoms with Crippen molar-refractivity contribution in [2.75, 3.05) is 16.8 Å². The van der Waals surface area contributed by atoms with Crippen LogP contribution in [-0.2, 0) is 9.59 Å². The Morgan fingerprint density at radius 3 is 2.72 bits per heavy atom. The van der Waals surface area contributed by atoms with Gasteiger partial charge in [0.15, 0.2) is 0 Å². The Morgan fingerprint density at radius 1 is 1.20 bits per heavy atom. The van der Waals surface area contributed by atoms with Crippen molar-refractivity contribution < 1.29 is 9.59 Å². The molecule has 0 saturated carbocycles. The highest BCUT2D eigenvalue weighted by Gasteiger charge is 2.36. The van der Waals surface area contributed by atoms with Crippen LogP contribution >= 0.6 is 23.2 Å². The molecule has 1 N–H and O–H groups in total. The summed E-state index contributed by atoms with van der Waals surface area (Å²) in [5.41, 5.74) is 3.37. The Kier molecular flexibility index (Phi) is 5.02. The van der Waals surface area contributed by atoms with E-state index in [9.17, 15) is 9.59 Å². The van der Waals surface area contributed by atoms with E-state index < -0.39 is 5.92 Å². The van der Waals surface area contributed by atoms with Gasteiger partial charge in [0.25, 0.3) is 0 Å². The van der Waals surface area contributed by atoms with Crippen molar-refractivity contribution in [1.29, 1.82) is 0 Å². The van der Waals surface area contributed by atoms with Crippen molar-refractivity contribution in [3.8, 4) is 0 Å². The summed E-state index contributed by atoms with van der Waals surface area (Å²) in [7, 11) is 0. The Hall–Kier alpha value is -2.04. The van der Waals surface area contributed by atoms with E-state index in [2.05, 4.69) is 5.32 Å². The molecule has 2 aromatic rings. The van der Waals surface area contributed by atoms with Gasteiger partial charge in [-0.2, -0.15) is 0 Å². The van der Waals surface area contributed by atoms with Crippen LogP contribution in [0.3, 0.4) is 0 Å². The molecule has 2 aromatic carbocycles. The molecule has 0 aliphatic carbocycles. The molecule has 1 atom stereocenters. The van der Waals surface area contributed by atoms with Gasteiger partial charge in [0.1, 0.15) is 0 Å². The molecule has 1 saturated heterocycles. The Bertz CT molecular complexity index is 851. The first-order chi connectivity index (χ1) is 11.9. The molecule has 0 aromatic heterocycles. The highest BCUT2D eigenvalue weighted by Crippen LogP contribution is 2.36. The quantitative estimate of drug-likeness (QED) is 0.850. The number of hydrogen-bond acceptors (Lipinski definition) is 2. The van der Waals surface area contributed by atoms with Crippen LogP contribution in [0.15, 0.2) is 36.4 Å². The van der Waals surface area contributed by atoms with E-state index in [0.717, 1.165) is 16.8 Å². The van der Waals surface area contributed by atoms with Gasteiger partial charge >= 0.3 is 0 Å². The molecule has 0 radical (unpaired) electrons. The van der Waals surface area contributed by atoms with Crippen LogP contribution in [0, 0.1) is 19.8 Å². The van der Waals surface area contributed by atoms with Gasteiger partial charge in [-0.25, -0.2) is 0 Å². The van der Waals surface area contributed by atoms with Crippen LogP contribution < -0.4 is 10.2 Å². The molecule has 0 spiro atoms. The number of aryl methyl sites for hydroxylation is 2. The standard InChI is InChI=1S/C19H18Cl2N2O2/c1-11-6-7-12(2)15(8-11)22-19(25)13-9-17(24)23(10-13)16-5-3-4-14(20)18(16)21/h3-8,13H,9-10H2,1-2H3,(H,22,25). The third-order valence-electron chi connectivity index (χ3n) is 4.37. The first-order valence-corrected chi connectivity index (χ1v) is 8.75. The number of benzene rings is 2. The zero-order valence-corrected chi connectivity index (χ0v) is 15.5. The highest BCUT2D eigenvalue weighted by molar-refractivity contribution is 6.44. The molecule has 1 aliphatic rings. The van der Waals surface area contributed by atoms with Crippen LogP contribution in [-0.4, -0.2) is 18.4 Å². The second kappa shape index (κ2) is 7.06. The molecule has 4 nitrogen and oxygen atoms in total. The minimum atomic E-state index is -0.428. The predicted octanol–water partition coefficient (Wildman–Crippen LogP) is 4.60. The molecule has 1 fully saturated rings. The Morgan fingerprint density at radius 2 is 1.96 bits per heavy atom. The third-order valence-corrected chi connectivity index (χ3v) is 5.18. The van der Waals surface area contributed by atoms with Crippen LogP contribution in [0.5, 0.6) is 0 Å². The number of hydrogen-bond donors (Lipinski definition) is 1. The molecule has 1 unspecified atom stereocenters. The normalized spacial score (nSPS) is 17.0. The van der Waals surface area contributed by atoms with E-state index >= 15 is 0 Å². The lowest BCUT2D eigenvalue weighted by molar-refractivity contribution is -0.122. The summed E-state index contributed by atoms with van der Waals surface area (Å²) in [6, 6.07) is 11.0. The van der Waals surface area contributed by atoms with Crippen LogP contribution in [0.1, 0.15) is 17.5 Å². The summed E-state index contributed by atoms with van der Waals surface area (Å²) in [5, 5.41) is 3.65. The summed E-state index contributed by atoms with van der Waals surface area (Å²) in [5.74, 6) is -0.726. The zero-order valence-electron chi connectivity index (χ0n) is 14.0. The third kappa shape index (κ3) is 3.65. The summed E-state index contributed by atoms with van der Waals surface area (Å²) in [6.07, 6.45) is 0.152. The monoisotopic (exact) mass is 376 g/mol. The molecule has 3 rings (SSSR count). The van der Waals surface area contributed by atoms with E-state index in [4.69, 9.17) is 23.2 Å². The molecule has 6 heteroatoms. The minimum Gasteiger partial charge on any atom is -0.326 e. The molecular weight excluding hydrogens is 359 g/mol. The van der Waals surface area contributed by atoms with Gasteiger partial charge in [0.05, 0.1) is 21.7 Å². The largest absolute Gasteiger partial charge is 0.326 e. The van der Waals surface area contributed by atoms with Crippen LogP contribution in [0.4, 0.5) is 11.4 Å². The van der Waals surface area contributed by atoms with Crippen molar-refractivity contribution >= 4 is 46.4 Å². The number of halogens is 2. The van der Waals surface area contributed by atoms with E-state index in [1.807, 2.05) is 32.0 Å². The highest BCUT2D eigenvalue weighted by atomic mass is 35.5. The SMILES string of the molecule is Cc1ccc(C)c(NC(=O)C2CC(=O)N(c3cccc(Cl)c3Cl)C2)c1. The van der Waals surface area contributed by atoms with Gasteiger partial charge in [-0.3, -0.25) is 9.59 Å². The molecule has 1 heterocycles. The first kappa shape index (κ1) is 17.8. The fraction of sp³-hybridized carbons (Fsp3) is 0.263. The number of nitrogens with one attached hydrogen (secondary N) is 1. The van der Waals surface area contributed by atoms with Crippen molar-refractivity contribution in [1.82, 2.24) is 0 Å². The fourth-order valence-electron chi connectivity index (χ4n) is 2.92. The number of rotatable bonds is 3. The van der Waals surface area contributed by atoms with E-state index in [1.54, 1.807) is 18.2 Å². The maximum Gasteiger partial charge on any atom is 0.229 e. The van der Waals surface area contributed by atoms with Crippen molar-refractivity contribution in [2.24, 2.45) is 5.92 Å². The second-order valence-corrected chi connectivity index (χ2v) is 7.07. The maximum absolute atomic E-state index is 12.6. The van der Waals surface area contributed by atoms with Crippen LogP contribution in [0.25, 0.3) is 0 Å². The fourth-order valence-corrected chi connectivity index (χ4v) is 3.32. The van der Waals surface area contributed by atoms with Gasteiger partial charge < -0.3 is 10.2 Å². The van der Waals surface area contributed by atoms with Crippen molar-refractivity contribution in [2.45, 2.75) is 20.3 Å². The molecular formula is C19H18Cl2N2O2. The average molecular weight is 377 g/mol. The number of nitrogens with zero attached hydrogens (tertiary/aromatic N) is 1. The summed E-state index contributed by atoms with van der Waals surface area (Å²) < 4.78 is 0. The van der Waals surface area contributed by atoms with Crippen LogP contribution in [0.2, 0.25) is 10.0 Å². The van der Waals surface area contributed by atoms with Gasteiger partial charge in [-0.15, -0.1) is 0 Å². The lowest BCUT2D eigenvalue weighted by atomic mass is 10.1. The smallest absolute Gasteiger partial charge is 0.229 e. The second-order valence-electron chi connectivity index (χ2n) is 6.29. The van der Waals surface area contributed by atoms with Gasteiger partial charge in [0.2, 0.25) is 11.8 Å². The lowest BCUT2D eigenvalue weighted by Crippen LogP contribution is -2.28. The molecule has 0 bridgehead atoms. The number of carbonyl (C=O) groups is 2. The zero-order chi connectivity index (χ0) is 18.1. The Balaban J connectivity index is 1.77. The van der Waals surface area contributed by atoms with Gasteiger partial charge in [-0.1, -0.05) is 41.4 Å². The molecule has 25 heavy (non-hydrogen) atoms. The topological polar surface area (TPSA) is 49.4 Å². The van der Waals surface area contributed by atoms with Gasteiger partial charge in [0, 0.05) is 18.7 Å². The van der Waals surface area contributed by atoms with Gasteiger partial charge in [-0.05, 0) is 43.2 Å². The van der Waals surface area contributed by atoms with Crippen molar-refractivity contribution in [3.05, 3.63) is 57.6 Å². The predicted molar refractivity (Wildman–Crippen MR) is 101 cm³/mol. The minimum absolute atomic E-state index is 0.134. The first-order valence-electron chi connectivity index (χ1n) is 7.99. The maximum atomic E-state index is 12.6. The number of carbonyl (C=O) groups excluding carboxylic acids is 2. The molecule has 1 aliphatic heterocycles. The van der Waals surface area contributed by atoms with E-state index in [1.165, 1.54) is 4.90 Å². The number of anilines is 2. The average Bonchev–Trinajstić information content (AvgIpc) is 2.95. The van der Waals surface area contributed by atoms with Crippen molar-refractivity contribution in [3.63, 3.8) is 0 Å². The molecule has 130 valence electrons. The Labute approximate surface area is 156 Å². The summed E-state index contributed by atoms with van der Waals surface area (Å²) in [4.78, 5) is 26.5. The summed E-state index contributed by atoms with van der Waals surface area (Å²) >= 11 is 12.2. The lowest BCUT2D eigenvalue weighted by Gasteiger charge is -2.19.